The number of carbonyl (C=O) groups is 1. The quantitative estimate of drug-likeness (QED) is 0.0930. The molecule has 0 bridgehead atoms. The number of benzene rings is 3. The van der Waals surface area contributed by atoms with E-state index in [9.17, 15) is 9.90 Å². The second kappa shape index (κ2) is 14.7. The first kappa shape index (κ1) is 32.4. The number of nitrogens with zero attached hydrogens (tertiary/aromatic N) is 2. The topological polar surface area (TPSA) is 72.3 Å². The number of allylic oxidation sites excluding steroid dienone is 2. The van der Waals surface area contributed by atoms with Crippen LogP contribution >= 0.6 is 0 Å². The maximum absolute atomic E-state index is 11.7. The average Bonchev–Trinajstić information content (AvgIpc) is 2.93. The summed E-state index contributed by atoms with van der Waals surface area (Å²) in [6.45, 7) is 12.5. The van der Waals surface area contributed by atoms with Crippen molar-refractivity contribution in [1.29, 1.82) is 0 Å². The fourth-order valence-electron chi connectivity index (χ4n) is 5.37. The van der Waals surface area contributed by atoms with Gasteiger partial charge < -0.3 is 9.84 Å². The number of rotatable bonds is 9. The van der Waals surface area contributed by atoms with E-state index in [0.29, 0.717) is 5.92 Å². The van der Waals surface area contributed by atoms with Crippen molar-refractivity contribution in [3.8, 4) is 22.8 Å². The molecule has 219 valence electrons. The summed E-state index contributed by atoms with van der Waals surface area (Å²) in [6.07, 6.45) is 7.55. The summed E-state index contributed by atoms with van der Waals surface area (Å²) < 4.78 is 6.27. The summed E-state index contributed by atoms with van der Waals surface area (Å²) >= 11 is 0. The Balaban J connectivity index is 0.000000253. The Morgan fingerprint density at radius 3 is 2.29 bits per heavy atom. The summed E-state index contributed by atoms with van der Waals surface area (Å²) in [5, 5.41) is 12.9. The molecule has 41 heavy (non-hydrogen) atoms. The first-order valence-electron chi connectivity index (χ1n) is 14.6. The minimum atomic E-state index is 0. The van der Waals surface area contributed by atoms with E-state index in [1.807, 2.05) is 39.8 Å². The van der Waals surface area contributed by atoms with Gasteiger partial charge in [-0.3, -0.25) is 9.78 Å². The van der Waals surface area contributed by atoms with E-state index in [1.54, 1.807) is 6.33 Å². The molecule has 1 aromatic heterocycles. The number of ketones is 1. The molecule has 0 atom stereocenters. The summed E-state index contributed by atoms with van der Waals surface area (Å²) in [7, 11) is 0. The van der Waals surface area contributed by atoms with Crippen LogP contribution in [0.2, 0.25) is 0 Å². The van der Waals surface area contributed by atoms with Crippen molar-refractivity contribution in [2.45, 2.75) is 73.6 Å². The first-order valence-corrected chi connectivity index (χ1v) is 14.6. The number of carbonyl (C=O) groups excluding carboxylic acids is 1. The molecule has 5 rings (SSSR count). The molecule has 2 heterocycles. The molecule has 1 aliphatic heterocycles. The van der Waals surface area contributed by atoms with E-state index in [-0.39, 0.29) is 43.5 Å². The van der Waals surface area contributed by atoms with Crippen molar-refractivity contribution in [3.05, 3.63) is 72.3 Å². The molecule has 6 heteroatoms. The van der Waals surface area contributed by atoms with E-state index in [1.165, 1.54) is 11.6 Å². The van der Waals surface area contributed by atoms with E-state index >= 15 is 0 Å². The first-order chi connectivity index (χ1) is 19.3. The van der Waals surface area contributed by atoms with E-state index in [4.69, 9.17) is 4.74 Å². The molecule has 0 spiro atoms. The predicted octanol–water partition coefficient (Wildman–Crippen LogP) is 9.42. The zero-order chi connectivity index (χ0) is 28.8. The molecule has 5 nitrogen and oxygen atoms in total. The molecule has 1 radical (unpaired) electrons. The molecule has 0 amide bonds. The normalized spacial score (nSPS) is 12.2. The largest absolute Gasteiger partial charge is 0.512 e. The molecule has 4 aromatic rings. The molecule has 0 aliphatic carbocycles. The van der Waals surface area contributed by atoms with Crippen LogP contribution in [-0.2, 0) is 31.3 Å². The van der Waals surface area contributed by atoms with Crippen molar-refractivity contribution >= 4 is 27.5 Å². The Morgan fingerprint density at radius 1 is 0.951 bits per heavy atom. The van der Waals surface area contributed by atoms with Gasteiger partial charge in [-0.15, -0.1) is 17.5 Å². The third kappa shape index (κ3) is 7.41. The van der Waals surface area contributed by atoms with Gasteiger partial charge >= 0.3 is 0 Å². The predicted molar refractivity (Wildman–Crippen MR) is 164 cm³/mol. The van der Waals surface area contributed by atoms with E-state index in [2.05, 4.69) is 60.2 Å². The number of hydrogen-bond acceptors (Lipinski definition) is 5. The molecule has 0 saturated heterocycles. The number of fused-ring (bicyclic) bond motifs is 3. The van der Waals surface area contributed by atoms with Crippen molar-refractivity contribution in [2.24, 2.45) is 17.8 Å². The van der Waals surface area contributed by atoms with Crippen LogP contribution in [0.3, 0.4) is 0 Å². The molecule has 3 aromatic carbocycles. The minimum absolute atomic E-state index is 0. The Bertz CT molecular complexity index is 1520. The molecule has 0 saturated carbocycles. The smallest absolute Gasteiger partial charge is 0.162 e. The number of hydrogen-bond donors (Lipinski definition) is 1. The number of aliphatic hydroxyl groups is 1. The standard InChI is InChI=1S/C22H17N2O.C13H24O2.Ir/c1-13(2)7-14-8-18-21-20(9-14)25-19-11-16-6-4-3-5-15(16)10-17(19)22(21)24-12-23-18;1-5-10(6-2)12(14)9-13(15)11(7-3)8-4;/h3-6,8-9,11-13H,7H2,1-2H3;9-11,14H,5-8H2,1-4H3;/q-1;;/b;12-9-;. The van der Waals surface area contributed by atoms with E-state index in [0.717, 1.165) is 76.5 Å². The third-order valence-electron chi connectivity index (χ3n) is 7.70. The summed E-state index contributed by atoms with van der Waals surface area (Å²) in [5.74, 6) is 2.79. The maximum Gasteiger partial charge on any atom is 0.162 e. The number of ether oxygens (including phenoxy) is 1. The van der Waals surface area contributed by atoms with Crippen LogP contribution in [0.15, 0.2) is 60.6 Å². The van der Waals surface area contributed by atoms with Gasteiger partial charge in [-0.2, -0.15) is 0 Å². The molecule has 1 N–H and O–H groups in total. The van der Waals surface area contributed by atoms with Crippen LogP contribution < -0.4 is 4.74 Å². The summed E-state index contributed by atoms with van der Waals surface area (Å²) in [6, 6.07) is 18.0. The average molecular weight is 730 g/mol. The molecular formula is C35H41IrN2O3-. The van der Waals surface area contributed by atoms with Gasteiger partial charge in [0.1, 0.15) is 12.1 Å². The van der Waals surface area contributed by atoms with Crippen LogP contribution in [0, 0.1) is 23.8 Å². The van der Waals surface area contributed by atoms with Crippen LogP contribution in [-0.4, -0.2) is 20.9 Å². The van der Waals surface area contributed by atoms with Crippen LogP contribution in [0.25, 0.3) is 32.9 Å². The van der Waals surface area contributed by atoms with Gasteiger partial charge in [0.05, 0.1) is 17.0 Å². The summed E-state index contributed by atoms with van der Waals surface area (Å²) in [5.41, 5.74) is 4.00. The van der Waals surface area contributed by atoms with Crippen molar-refractivity contribution in [3.63, 3.8) is 0 Å². The van der Waals surface area contributed by atoms with Crippen LogP contribution in [0.1, 0.15) is 72.8 Å². The van der Waals surface area contributed by atoms with Crippen molar-refractivity contribution in [1.82, 2.24) is 9.97 Å². The van der Waals surface area contributed by atoms with Crippen LogP contribution in [0.4, 0.5) is 0 Å². The second-order valence-electron chi connectivity index (χ2n) is 11.0. The maximum atomic E-state index is 11.7. The van der Waals surface area contributed by atoms with Gasteiger partial charge in [0.2, 0.25) is 0 Å². The summed E-state index contributed by atoms with van der Waals surface area (Å²) in [4.78, 5) is 20.8. The Hall–Kier alpha value is -3.08. The molecule has 0 fully saturated rings. The Kier molecular flexibility index (Phi) is 11.6. The monoisotopic (exact) mass is 730 g/mol. The van der Waals surface area contributed by atoms with Crippen molar-refractivity contribution in [2.75, 3.05) is 0 Å². The van der Waals surface area contributed by atoms with Gasteiger partial charge in [-0.1, -0.05) is 76.8 Å². The minimum Gasteiger partial charge on any atom is -0.512 e. The SMILES string of the molecule is CC(C)Cc1cc2c3c(ncnc3c1)-c1[c-]c3ccccc3cc1O2.CCC(CC)C(=O)/C=C(\O)C(CC)CC.[Ir]. The molecule has 1 aliphatic rings. The Morgan fingerprint density at radius 2 is 1.63 bits per heavy atom. The zero-order valence-corrected chi connectivity index (χ0v) is 27.4. The fraction of sp³-hybridized carbons (Fsp3) is 0.400. The van der Waals surface area contributed by atoms with Gasteiger partial charge in [-0.05, 0) is 55.7 Å². The van der Waals surface area contributed by atoms with Gasteiger partial charge in [0, 0.05) is 49.1 Å². The van der Waals surface area contributed by atoms with Gasteiger partial charge in [0.15, 0.2) is 5.78 Å². The number of aromatic nitrogens is 2. The second-order valence-corrected chi connectivity index (χ2v) is 11.0. The zero-order valence-electron chi connectivity index (χ0n) is 25.0. The third-order valence-corrected chi connectivity index (χ3v) is 7.70. The van der Waals surface area contributed by atoms with Crippen LogP contribution in [0.5, 0.6) is 11.5 Å². The van der Waals surface area contributed by atoms with E-state index < -0.39 is 0 Å². The Labute approximate surface area is 257 Å². The van der Waals surface area contributed by atoms with Crippen molar-refractivity contribution < 1.29 is 34.7 Å². The van der Waals surface area contributed by atoms with Gasteiger partial charge in [0.25, 0.3) is 0 Å². The fourth-order valence-corrected chi connectivity index (χ4v) is 5.37. The number of aliphatic hydroxyl groups excluding tert-OH is 1. The van der Waals surface area contributed by atoms with Gasteiger partial charge in [-0.25, -0.2) is 4.98 Å². The molecule has 0 unspecified atom stereocenters. The molecular weight excluding hydrogens is 689 g/mol.